The molecule has 0 radical (unpaired) electrons. The molecule has 2 aromatic rings. The SMILES string of the molecule is Cc1nn(C)c(CC(Cc2ccc(F)cc2Cl)NN)c1Cl. The first kappa shape index (κ1) is 16.2. The summed E-state index contributed by atoms with van der Waals surface area (Å²) in [4.78, 5) is 0. The van der Waals surface area contributed by atoms with Gasteiger partial charge in [-0.1, -0.05) is 29.3 Å². The van der Waals surface area contributed by atoms with E-state index in [2.05, 4.69) is 10.5 Å². The number of aryl methyl sites for hydroxylation is 2. The molecule has 0 fully saturated rings. The molecule has 1 atom stereocenters. The third-order valence-corrected chi connectivity index (χ3v) is 4.26. The average Bonchev–Trinajstić information content (AvgIpc) is 2.67. The van der Waals surface area contributed by atoms with Crippen LogP contribution >= 0.6 is 23.2 Å². The lowest BCUT2D eigenvalue weighted by atomic mass is 10.0. The third-order valence-electron chi connectivity index (χ3n) is 3.42. The van der Waals surface area contributed by atoms with Gasteiger partial charge in [-0.2, -0.15) is 5.10 Å². The second kappa shape index (κ2) is 6.75. The number of nitrogens with two attached hydrogens (primary N) is 1. The summed E-state index contributed by atoms with van der Waals surface area (Å²) in [5, 5.41) is 5.31. The highest BCUT2D eigenvalue weighted by molar-refractivity contribution is 6.32. The van der Waals surface area contributed by atoms with Crippen LogP contribution in [-0.4, -0.2) is 15.8 Å². The number of halogens is 3. The fraction of sp³-hybridized carbons (Fsp3) is 0.357. The second-order valence-electron chi connectivity index (χ2n) is 4.98. The molecule has 3 N–H and O–H groups in total. The maximum Gasteiger partial charge on any atom is 0.124 e. The highest BCUT2D eigenvalue weighted by Crippen LogP contribution is 2.23. The van der Waals surface area contributed by atoms with Crippen molar-refractivity contribution in [3.8, 4) is 0 Å². The Bertz CT molecular complexity index is 642. The molecule has 1 aromatic carbocycles. The van der Waals surface area contributed by atoms with Gasteiger partial charge in [0.1, 0.15) is 5.82 Å². The minimum atomic E-state index is -0.355. The number of aromatic nitrogens is 2. The van der Waals surface area contributed by atoms with Crippen LogP contribution in [0.2, 0.25) is 10.0 Å². The predicted molar refractivity (Wildman–Crippen MR) is 82.9 cm³/mol. The van der Waals surface area contributed by atoms with Crippen LogP contribution in [0, 0.1) is 12.7 Å². The molecular weight excluding hydrogens is 314 g/mol. The summed E-state index contributed by atoms with van der Waals surface area (Å²) in [6, 6.07) is 4.26. The van der Waals surface area contributed by atoms with Crippen molar-refractivity contribution < 1.29 is 4.39 Å². The summed E-state index contributed by atoms with van der Waals surface area (Å²) >= 11 is 12.3. The average molecular weight is 331 g/mol. The van der Waals surface area contributed by atoms with Gasteiger partial charge in [0, 0.05) is 24.5 Å². The van der Waals surface area contributed by atoms with Crippen LogP contribution in [0.1, 0.15) is 17.0 Å². The molecule has 114 valence electrons. The van der Waals surface area contributed by atoms with Crippen molar-refractivity contribution in [1.29, 1.82) is 0 Å². The first-order chi connectivity index (χ1) is 9.92. The zero-order valence-electron chi connectivity index (χ0n) is 11.8. The van der Waals surface area contributed by atoms with Crippen molar-refractivity contribution in [2.75, 3.05) is 0 Å². The van der Waals surface area contributed by atoms with Crippen LogP contribution in [0.25, 0.3) is 0 Å². The number of hydrogen-bond acceptors (Lipinski definition) is 3. The highest BCUT2D eigenvalue weighted by Gasteiger charge is 2.17. The molecule has 0 aliphatic carbocycles. The molecule has 21 heavy (non-hydrogen) atoms. The summed E-state index contributed by atoms with van der Waals surface area (Å²) in [6.45, 7) is 1.85. The molecule has 7 heteroatoms. The minimum absolute atomic E-state index is 0.0831. The maximum atomic E-state index is 13.1. The van der Waals surface area contributed by atoms with Crippen LogP contribution in [0.3, 0.4) is 0 Å². The topological polar surface area (TPSA) is 55.9 Å². The monoisotopic (exact) mass is 330 g/mol. The zero-order chi connectivity index (χ0) is 15.6. The lowest BCUT2D eigenvalue weighted by molar-refractivity contribution is 0.505. The molecule has 2 rings (SSSR count). The fourth-order valence-corrected chi connectivity index (χ4v) is 2.76. The Kier molecular flexibility index (Phi) is 5.22. The standard InChI is InChI=1S/C14H17Cl2FN4/c1-8-14(16)13(21(2)20-8)7-11(19-18)5-9-3-4-10(17)6-12(9)15/h3-4,6,11,19H,5,7,18H2,1-2H3. The van der Waals surface area contributed by atoms with Gasteiger partial charge in [0.25, 0.3) is 0 Å². The van der Waals surface area contributed by atoms with Crippen LogP contribution in [-0.2, 0) is 19.9 Å². The van der Waals surface area contributed by atoms with E-state index < -0.39 is 0 Å². The Morgan fingerprint density at radius 2 is 2.10 bits per heavy atom. The van der Waals surface area contributed by atoms with E-state index in [0.717, 1.165) is 17.0 Å². The van der Waals surface area contributed by atoms with Gasteiger partial charge >= 0.3 is 0 Å². The first-order valence-electron chi connectivity index (χ1n) is 6.50. The quantitative estimate of drug-likeness (QED) is 0.654. The van der Waals surface area contributed by atoms with Gasteiger partial charge in [0.05, 0.1) is 16.4 Å². The molecule has 1 unspecified atom stereocenters. The Labute approximate surface area is 133 Å². The Morgan fingerprint density at radius 3 is 2.62 bits per heavy atom. The lowest BCUT2D eigenvalue weighted by Gasteiger charge is -2.17. The van der Waals surface area contributed by atoms with Gasteiger partial charge in [0.2, 0.25) is 0 Å². The molecule has 1 aromatic heterocycles. The van der Waals surface area contributed by atoms with Gasteiger partial charge in [-0.05, 0) is 31.0 Å². The van der Waals surface area contributed by atoms with E-state index in [9.17, 15) is 4.39 Å². The molecule has 0 saturated heterocycles. The molecule has 0 aliphatic heterocycles. The number of nitrogens with one attached hydrogen (secondary N) is 1. The van der Waals surface area contributed by atoms with E-state index in [1.807, 2.05) is 14.0 Å². The summed E-state index contributed by atoms with van der Waals surface area (Å²) in [5.74, 6) is 5.26. The number of benzene rings is 1. The summed E-state index contributed by atoms with van der Waals surface area (Å²) in [5.41, 5.74) is 5.26. The van der Waals surface area contributed by atoms with Gasteiger partial charge in [-0.15, -0.1) is 0 Å². The van der Waals surface area contributed by atoms with Crippen molar-refractivity contribution in [1.82, 2.24) is 15.2 Å². The van der Waals surface area contributed by atoms with E-state index in [4.69, 9.17) is 29.0 Å². The molecular formula is C14H17Cl2FN4. The normalized spacial score (nSPS) is 12.7. The fourth-order valence-electron chi connectivity index (χ4n) is 2.28. The van der Waals surface area contributed by atoms with E-state index >= 15 is 0 Å². The molecule has 0 spiro atoms. The summed E-state index contributed by atoms with van der Waals surface area (Å²) in [6.07, 6.45) is 1.16. The predicted octanol–water partition coefficient (Wildman–Crippen LogP) is 2.79. The van der Waals surface area contributed by atoms with Gasteiger partial charge in [-0.25, -0.2) is 4.39 Å². The largest absolute Gasteiger partial charge is 0.271 e. The van der Waals surface area contributed by atoms with Gasteiger partial charge < -0.3 is 0 Å². The molecule has 0 saturated carbocycles. The number of nitrogens with zero attached hydrogens (tertiary/aromatic N) is 2. The van der Waals surface area contributed by atoms with Crippen LogP contribution in [0.15, 0.2) is 18.2 Å². The molecule has 0 bridgehead atoms. The maximum absolute atomic E-state index is 13.1. The van der Waals surface area contributed by atoms with Crippen LogP contribution < -0.4 is 11.3 Å². The first-order valence-corrected chi connectivity index (χ1v) is 7.26. The van der Waals surface area contributed by atoms with Crippen molar-refractivity contribution in [3.63, 3.8) is 0 Å². The summed E-state index contributed by atoms with van der Waals surface area (Å²) in [7, 11) is 1.84. The minimum Gasteiger partial charge on any atom is -0.271 e. The van der Waals surface area contributed by atoms with E-state index in [0.29, 0.717) is 22.9 Å². The molecule has 0 amide bonds. The number of hydrazine groups is 1. The molecule has 0 aliphatic rings. The molecule has 1 heterocycles. The Morgan fingerprint density at radius 1 is 1.38 bits per heavy atom. The summed E-state index contributed by atoms with van der Waals surface area (Å²) < 4.78 is 14.8. The highest BCUT2D eigenvalue weighted by atomic mass is 35.5. The smallest absolute Gasteiger partial charge is 0.124 e. The number of rotatable bonds is 5. The lowest BCUT2D eigenvalue weighted by Crippen LogP contribution is -2.39. The van der Waals surface area contributed by atoms with Crippen molar-refractivity contribution in [3.05, 3.63) is 51.0 Å². The van der Waals surface area contributed by atoms with Crippen molar-refractivity contribution in [2.45, 2.75) is 25.8 Å². The van der Waals surface area contributed by atoms with Crippen molar-refractivity contribution >= 4 is 23.2 Å². The zero-order valence-corrected chi connectivity index (χ0v) is 13.3. The van der Waals surface area contributed by atoms with E-state index in [-0.39, 0.29) is 11.9 Å². The molecule has 4 nitrogen and oxygen atoms in total. The second-order valence-corrected chi connectivity index (χ2v) is 5.76. The van der Waals surface area contributed by atoms with Crippen LogP contribution in [0.4, 0.5) is 4.39 Å². The van der Waals surface area contributed by atoms with Gasteiger partial charge in [0.15, 0.2) is 0 Å². The Balaban J connectivity index is 2.17. The van der Waals surface area contributed by atoms with Crippen molar-refractivity contribution in [2.24, 2.45) is 12.9 Å². The van der Waals surface area contributed by atoms with E-state index in [1.54, 1.807) is 10.7 Å². The van der Waals surface area contributed by atoms with Gasteiger partial charge in [-0.3, -0.25) is 16.0 Å². The van der Waals surface area contributed by atoms with E-state index in [1.165, 1.54) is 12.1 Å². The van der Waals surface area contributed by atoms with Crippen LogP contribution in [0.5, 0.6) is 0 Å². The third kappa shape index (κ3) is 3.74. The Hall–Kier alpha value is -1.14. The number of hydrogen-bond donors (Lipinski definition) is 2.